The molecule has 17 heavy (non-hydrogen) atoms. The van der Waals surface area contributed by atoms with Crippen LogP contribution in [0.25, 0.3) is 0 Å². The van der Waals surface area contributed by atoms with Gasteiger partial charge in [-0.05, 0) is 43.3 Å². The molecule has 1 fully saturated rings. The number of hydrogen-bond acceptors (Lipinski definition) is 3. The summed E-state index contributed by atoms with van der Waals surface area (Å²) < 4.78 is 0. The highest BCUT2D eigenvalue weighted by molar-refractivity contribution is 7.99. The predicted octanol–water partition coefficient (Wildman–Crippen LogP) is 2.71. The highest BCUT2D eigenvalue weighted by atomic mass is 32.2. The van der Waals surface area contributed by atoms with Crippen molar-refractivity contribution in [2.45, 2.75) is 30.3 Å². The molecule has 1 saturated heterocycles. The molecule has 2 nitrogen and oxygen atoms in total. The highest BCUT2D eigenvalue weighted by Crippen LogP contribution is 2.33. The standard InChI is InChI=1S/C14H21NOS/c1-3-17-13-6-4-12(5-7-13)14(16)8-10-15(2)11-9-14/h4-7,16H,3,8-11H2,1-2H3. The largest absolute Gasteiger partial charge is 0.385 e. The summed E-state index contributed by atoms with van der Waals surface area (Å²) in [7, 11) is 2.11. The number of nitrogens with zero attached hydrogens (tertiary/aromatic N) is 1. The summed E-state index contributed by atoms with van der Waals surface area (Å²) in [6, 6.07) is 8.42. The Balaban J connectivity index is 2.10. The van der Waals surface area contributed by atoms with E-state index < -0.39 is 5.60 Å². The van der Waals surface area contributed by atoms with Gasteiger partial charge in [0, 0.05) is 18.0 Å². The van der Waals surface area contributed by atoms with Crippen LogP contribution >= 0.6 is 11.8 Å². The summed E-state index contributed by atoms with van der Waals surface area (Å²) in [5.74, 6) is 1.09. The first-order valence-electron chi connectivity index (χ1n) is 6.28. The maximum Gasteiger partial charge on any atom is 0.0920 e. The third-order valence-corrected chi connectivity index (χ3v) is 4.41. The van der Waals surface area contributed by atoms with Crippen LogP contribution in [0.15, 0.2) is 29.2 Å². The number of benzene rings is 1. The normalized spacial score (nSPS) is 20.4. The van der Waals surface area contributed by atoms with Crippen molar-refractivity contribution in [1.29, 1.82) is 0 Å². The Morgan fingerprint density at radius 3 is 2.35 bits per heavy atom. The zero-order valence-corrected chi connectivity index (χ0v) is 11.5. The van der Waals surface area contributed by atoms with E-state index in [0.29, 0.717) is 0 Å². The van der Waals surface area contributed by atoms with E-state index in [1.807, 2.05) is 11.8 Å². The molecule has 0 radical (unpaired) electrons. The lowest BCUT2D eigenvalue weighted by molar-refractivity contribution is -0.0203. The maximum atomic E-state index is 10.6. The van der Waals surface area contributed by atoms with Gasteiger partial charge in [0.2, 0.25) is 0 Å². The molecule has 0 aliphatic carbocycles. The molecule has 1 aliphatic heterocycles. The molecule has 1 aromatic carbocycles. The molecular formula is C14H21NOS. The van der Waals surface area contributed by atoms with E-state index in [2.05, 4.69) is 43.1 Å². The van der Waals surface area contributed by atoms with Gasteiger partial charge < -0.3 is 10.0 Å². The first-order chi connectivity index (χ1) is 8.14. The van der Waals surface area contributed by atoms with Gasteiger partial charge in [0.25, 0.3) is 0 Å². The molecule has 2 rings (SSSR count). The SMILES string of the molecule is CCSc1ccc(C2(O)CCN(C)CC2)cc1. The van der Waals surface area contributed by atoms with Gasteiger partial charge in [0.05, 0.1) is 5.60 Å². The van der Waals surface area contributed by atoms with Crippen molar-refractivity contribution in [3.63, 3.8) is 0 Å². The average Bonchev–Trinajstić information content (AvgIpc) is 2.35. The van der Waals surface area contributed by atoms with E-state index in [1.165, 1.54) is 4.90 Å². The van der Waals surface area contributed by atoms with Gasteiger partial charge in [0.15, 0.2) is 0 Å². The molecule has 0 spiro atoms. The number of aliphatic hydroxyl groups is 1. The smallest absolute Gasteiger partial charge is 0.0920 e. The second-order valence-electron chi connectivity index (χ2n) is 4.79. The Bertz CT molecular complexity index is 355. The molecule has 1 heterocycles. The fraction of sp³-hybridized carbons (Fsp3) is 0.571. The Labute approximate surface area is 108 Å². The van der Waals surface area contributed by atoms with E-state index >= 15 is 0 Å². The predicted molar refractivity (Wildman–Crippen MR) is 73.5 cm³/mol. The minimum absolute atomic E-state index is 0.609. The summed E-state index contributed by atoms with van der Waals surface area (Å²) in [5.41, 5.74) is 0.466. The molecule has 1 aromatic rings. The summed E-state index contributed by atoms with van der Waals surface area (Å²) in [5, 5.41) is 10.6. The Hall–Kier alpha value is -0.510. The van der Waals surface area contributed by atoms with Crippen LogP contribution in [0.1, 0.15) is 25.3 Å². The number of thioether (sulfide) groups is 1. The Morgan fingerprint density at radius 1 is 1.24 bits per heavy atom. The molecule has 1 N–H and O–H groups in total. The monoisotopic (exact) mass is 251 g/mol. The van der Waals surface area contributed by atoms with Crippen LogP contribution in [0.5, 0.6) is 0 Å². The van der Waals surface area contributed by atoms with Crippen LogP contribution in [0.3, 0.4) is 0 Å². The van der Waals surface area contributed by atoms with Crippen LogP contribution in [0.2, 0.25) is 0 Å². The van der Waals surface area contributed by atoms with Crippen molar-refractivity contribution in [3.8, 4) is 0 Å². The zero-order chi connectivity index (χ0) is 12.3. The lowest BCUT2D eigenvalue weighted by atomic mass is 9.85. The van der Waals surface area contributed by atoms with Gasteiger partial charge in [0.1, 0.15) is 0 Å². The second kappa shape index (κ2) is 5.42. The summed E-state index contributed by atoms with van der Waals surface area (Å²) in [6.45, 7) is 4.10. The van der Waals surface area contributed by atoms with Crippen LogP contribution in [-0.2, 0) is 5.60 Å². The first kappa shape index (κ1) is 12.9. The molecule has 3 heteroatoms. The molecule has 0 atom stereocenters. The van der Waals surface area contributed by atoms with Crippen molar-refractivity contribution in [2.75, 3.05) is 25.9 Å². The second-order valence-corrected chi connectivity index (χ2v) is 6.13. The van der Waals surface area contributed by atoms with Crippen molar-refractivity contribution in [3.05, 3.63) is 29.8 Å². The first-order valence-corrected chi connectivity index (χ1v) is 7.27. The van der Waals surface area contributed by atoms with E-state index in [9.17, 15) is 5.11 Å². The van der Waals surface area contributed by atoms with Crippen molar-refractivity contribution in [2.24, 2.45) is 0 Å². The zero-order valence-electron chi connectivity index (χ0n) is 10.6. The van der Waals surface area contributed by atoms with Gasteiger partial charge in [-0.3, -0.25) is 0 Å². The summed E-state index contributed by atoms with van der Waals surface area (Å²) in [6.07, 6.45) is 1.67. The van der Waals surface area contributed by atoms with Gasteiger partial charge >= 0.3 is 0 Å². The average molecular weight is 251 g/mol. The number of hydrogen-bond donors (Lipinski definition) is 1. The lowest BCUT2D eigenvalue weighted by Crippen LogP contribution is -2.40. The topological polar surface area (TPSA) is 23.5 Å². The van der Waals surface area contributed by atoms with Crippen molar-refractivity contribution < 1.29 is 5.11 Å². The lowest BCUT2D eigenvalue weighted by Gasteiger charge is -2.37. The Kier molecular flexibility index (Phi) is 4.13. The summed E-state index contributed by atoms with van der Waals surface area (Å²) >= 11 is 1.84. The van der Waals surface area contributed by atoms with Gasteiger partial charge in [-0.2, -0.15) is 0 Å². The third kappa shape index (κ3) is 3.03. The van der Waals surface area contributed by atoms with Crippen molar-refractivity contribution >= 4 is 11.8 Å². The summed E-state index contributed by atoms with van der Waals surface area (Å²) in [4.78, 5) is 3.56. The van der Waals surface area contributed by atoms with Crippen molar-refractivity contribution in [1.82, 2.24) is 4.90 Å². The third-order valence-electron chi connectivity index (χ3n) is 3.52. The van der Waals surface area contributed by atoms with Gasteiger partial charge in [-0.1, -0.05) is 19.1 Å². The van der Waals surface area contributed by atoms with Gasteiger partial charge in [-0.25, -0.2) is 0 Å². The minimum atomic E-state index is -0.609. The fourth-order valence-electron chi connectivity index (χ4n) is 2.31. The molecule has 0 bridgehead atoms. The van der Waals surface area contributed by atoms with Crippen LogP contribution < -0.4 is 0 Å². The number of rotatable bonds is 3. The molecule has 94 valence electrons. The molecule has 0 aromatic heterocycles. The molecule has 0 amide bonds. The molecular weight excluding hydrogens is 230 g/mol. The van der Waals surface area contributed by atoms with E-state index in [-0.39, 0.29) is 0 Å². The fourth-order valence-corrected chi connectivity index (χ4v) is 2.97. The van der Waals surface area contributed by atoms with Crippen LogP contribution in [0.4, 0.5) is 0 Å². The number of piperidine rings is 1. The van der Waals surface area contributed by atoms with E-state index in [1.54, 1.807) is 0 Å². The quantitative estimate of drug-likeness (QED) is 0.836. The van der Waals surface area contributed by atoms with E-state index in [0.717, 1.165) is 37.2 Å². The van der Waals surface area contributed by atoms with Crippen LogP contribution in [-0.4, -0.2) is 35.9 Å². The van der Waals surface area contributed by atoms with Gasteiger partial charge in [-0.15, -0.1) is 11.8 Å². The maximum absolute atomic E-state index is 10.6. The highest BCUT2D eigenvalue weighted by Gasteiger charge is 2.32. The molecule has 1 aliphatic rings. The molecule has 0 saturated carbocycles. The number of likely N-dealkylation sites (tertiary alicyclic amines) is 1. The Morgan fingerprint density at radius 2 is 1.82 bits per heavy atom. The van der Waals surface area contributed by atoms with E-state index in [4.69, 9.17) is 0 Å². The molecule has 0 unspecified atom stereocenters. The minimum Gasteiger partial charge on any atom is -0.385 e. The van der Waals surface area contributed by atoms with Crippen LogP contribution in [0, 0.1) is 0 Å².